The lowest BCUT2D eigenvalue weighted by molar-refractivity contribution is -1.02. The van der Waals surface area contributed by atoms with Crippen molar-refractivity contribution >= 4 is 23.3 Å². The fourth-order valence-electron chi connectivity index (χ4n) is 4.96. The number of likely N-dealkylation sites (N-methyl/N-ethyl adjacent to an activating group) is 2. The number of para-hydroxylation sites is 2. The molecule has 154 valence electrons. The molecule has 2 fully saturated rings. The van der Waals surface area contributed by atoms with Gasteiger partial charge in [0.1, 0.15) is 52.4 Å². The molecule has 6 nitrogen and oxygen atoms in total. The average molecular weight is 407 g/mol. The van der Waals surface area contributed by atoms with Crippen LogP contribution in [-0.2, 0) is 13.3 Å². The van der Waals surface area contributed by atoms with Crippen LogP contribution < -0.4 is 19.6 Å². The molecule has 0 bridgehead atoms. The van der Waals surface area contributed by atoms with E-state index in [4.69, 9.17) is 12.2 Å². The first-order chi connectivity index (χ1) is 13.7. The fraction of sp³-hybridized carbons (Fsp3) is 0.667. The van der Waals surface area contributed by atoms with Gasteiger partial charge in [0.15, 0.2) is 18.1 Å². The van der Waals surface area contributed by atoms with Crippen LogP contribution in [0.3, 0.4) is 0 Å². The zero-order valence-electron chi connectivity index (χ0n) is 17.6. The van der Waals surface area contributed by atoms with Crippen molar-refractivity contribution in [3.8, 4) is 0 Å². The first kappa shape index (κ1) is 20.0. The smallest absolute Gasteiger partial charge is 0.189 e. The lowest BCUT2D eigenvalue weighted by Crippen LogP contribution is -3.27. The summed E-state index contributed by atoms with van der Waals surface area (Å²) in [5.41, 5.74) is 2.62. The Hall–Kier alpha value is -1.25. The fourth-order valence-corrected chi connectivity index (χ4v) is 5.29. The Morgan fingerprint density at radius 3 is 1.39 bits per heavy atom. The number of fused-ring (bicyclic) bond motifs is 1. The maximum Gasteiger partial charge on any atom is 0.189 e. The molecule has 3 heterocycles. The Morgan fingerprint density at radius 2 is 1.04 bits per heavy atom. The van der Waals surface area contributed by atoms with Gasteiger partial charge in [-0.3, -0.25) is 9.13 Å². The zero-order valence-corrected chi connectivity index (χ0v) is 18.4. The number of quaternary nitrogens is 4. The molecule has 0 aliphatic carbocycles. The molecule has 1 aromatic heterocycles. The van der Waals surface area contributed by atoms with Gasteiger partial charge in [0.05, 0.1) is 24.1 Å². The summed E-state index contributed by atoms with van der Waals surface area (Å²) in [5.74, 6) is 0. The molecule has 0 unspecified atom stereocenters. The van der Waals surface area contributed by atoms with Crippen LogP contribution in [0.1, 0.15) is 13.8 Å². The van der Waals surface area contributed by atoms with Gasteiger partial charge in [-0.05, 0) is 38.2 Å². The van der Waals surface area contributed by atoms with E-state index < -0.39 is 0 Å². The van der Waals surface area contributed by atoms with Crippen molar-refractivity contribution < 1.29 is 19.6 Å². The third-order valence-electron chi connectivity index (χ3n) is 7.02. The van der Waals surface area contributed by atoms with E-state index in [2.05, 4.69) is 47.2 Å². The summed E-state index contributed by atoms with van der Waals surface area (Å²) in [6.07, 6.45) is 0. The number of benzene rings is 1. The van der Waals surface area contributed by atoms with E-state index in [9.17, 15) is 0 Å². The van der Waals surface area contributed by atoms with Gasteiger partial charge in [-0.25, -0.2) is 0 Å². The second kappa shape index (κ2) is 9.05. The van der Waals surface area contributed by atoms with Gasteiger partial charge in [0.2, 0.25) is 0 Å². The van der Waals surface area contributed by atoms with Crippen molar-refractivity contribution in [2.24, 2.45) is 0 Å². The molecule has 4 rings (SSSR count). The summed E-state index contributed by atoms with van der Waals surface area (Å²) < 4.78 is 5.82. The van der Waals surface area contributed by atoms with E-state index in [0.717, 1.165) is 18.1 Å². The number of hydrogen-bond acceptors (Lipinski definition) is 1. The maximum atomic E-state index is 6.01. The maximum absolute atomic E-state index is 6.01. The van der Waals surface area contributed by atoms with Gasteiger partial charge in [0, 0.05) is 0 Å². The molecule has 0 radical (unpaired) electrons. The standard InChI is InChI=1S/C21H34N6S/c1-3-22-9-13-24(14-10-22)17-26-19-7-5-6-8-20(19)27(21(26)28)18-25-15-11-23(4-2)12-16-25/h5-8H,3-4,9-18H2,1-2H3/p+4. The van der Waals surface area contributed by atoms with E-state index in [-0.39, 0.29) is 0 Å². The number of imidazole rings is 1. The molecule has 0 atom stereocenters. The molecule has 2 aromatic rings. The quantitative estimate of drug-likeness (QED) is 0.372. The molecule has 0 saturated carbocycles. The minimum atomic E-state index is 1.01. The van der Waals surface area contributed by atoms with Crippen LogP contribution in [0.25, 0.3) is 11.0 Å². The number of nitrogens with zero attached hydrogens (tertiary/aromatic N) is 2. The third kappa shape index (κ3) is 4.19. The molecule has 7 heteroatoms. The van der Waals surface area contributed by atoms with Crippen LogP contribution in [0.5, 0.6) is 0 Å². The number of nitrogens with one attached hydrogen (secondary N) is 4. The van der Waals surface area contributed by atoms with Crippen molar-refractivity contribution in [1.29, 1.82) is 0 Å². The third-order valence-corrected chi connectivity index (χ3v) is 7.46. The largest absolute Gasteiger partial charge is 0.326 e. The normalized spacial score (nSPS) is 28.6. The predicted octanol–water partition coefficient (Wildman–Crippen LogP) is -3.31. The highest BCUT2D eigenvalue weighted by atomic mass is 32.1. The predicted molar refractivity (Wildman–Crippen MR) is 115 cm³/mol. The Balaban J connectivity index is 1.53. The summed E-state index contributed by atoms with van der Waals surface area (Å²) in [4.78, 5) is 6.82. The van der Waals surface area contributed by atoms with Crippen LogP contribution in [0.2, 0.25) is 0 Å². The lowest BCUT2D eigenvalue weighted by Gasteiger charge is -2.29. The van der Waals surface area contributed by atoms with Crippen molar-refractivity contribution in [3.05, 3.63) is 29.0 Å². The Morgan fingerprint density at radius 1 is 0.679 bits per heavy atom. The second-order valence-corrected chi connectivity index (χ2v) is 9.02. The average Bonchev–Trinajstić information content (AvgIpc) is 3.01. The van der Waals surface area contributed by atoms with Crippen molar-refractivity contribution in [2.45, 2.75) is 27.2 Å². The minimum absolute atomic E-state index is 1.01. The Kier molecular flexibility index (Phi) is 6.48. The van der Waals surface area contributed by atoms with Crippen LogP contribution in [0, 0.1) is 4.77 Å². The van der Waals surface area contributed by atoms with E-state index in [1.54, 1.807) is 19.6 Å². The Labute approximate surface area is 173 Å². The summed E-state index contributed by atoms with van der Waals surface area (Å²) >= 11 is 6.01. The summed E-state index contributed by atoms with van der Waals surface area (Å²) in [5, 5.41) is 0. The Bertz CT molecular complexity index is 761. The van der Waals surface area contributed by atoms with Crippen LogP contribution in [0.15, 0.2) is 24.3 Å². The number of piperazine rings is 2. The minimum Gasteiger partial charge on any atom is -0.326 e. The van der Waals surface area contributed by atoms with E-state index in [1.807, 2.05) is 0 Å². The van der Waals surface area contributed by atoms with Crippen molar-refractivity contribution in [2.75, 3.05) is 65.4 Å². The molecule has 4 N–H and O–H groups in total. The number of hydrogen-bond donors (Lipinski definition) is 4. The van der Waals surface area contributed by atoms with E-state index in [1.165, 1.54) is 76.5 Å². The monoisotopic (exact) mass is 406 g/mol. The molecule has 0 spiro atoms. The summed E-state index contributed by atoms with van der Waals surface area (Å²) in [6, 6.07) is 8.82. The molecule has 0 amide bonds. The lowest BCUT2D eigenvalue weighted by atomic mass is 10.3. The second-order valence-electron chi connectivity index (χ2n) is 8.65. The van der Waals surface area contributed by atoms with Gasteiger partial charge in [-0.15, -0.1) is 0 Å². The first-order valence-corrected chi connectivity index (χ1v) is 11.6. The summed E-state index contributed by atoms with van der Waals surface area (Å²) in [7, 11) is 0. The molecule has 28 heavy (non-hydrogen) atoms. The number of rotatable bonds is 6. The highest BCUT2D eigenvalue weighted by molar-refractivity contribution is 7.71. The van der Waals surface area contributed by atoms with Gasteiger partial charge >= 0.3 is 0 Å². The van der Waals surface area contributed by atoms with Crippen molar-refractivity contribution in [1.82, 2.24) is 9.13 Å². The topological polar surface area (TPSA) is 27.6 Å². The van der Waals surface area contributed by atoms with Crippen molar-refractivity contribution in [3.63, 3.8) is 0 Å². The highest BCUT2D eigenvalue weighted by Crippen LogP contribution is 2.16. The highest BCUT2D eigenvalue weighted by Gasteiger charge is 2.25. The van der Waals surface area contributed by atoms with E-state index in [0.29, 0.717) is 0 Å². The van der Waals surface area contributed by atoms with Crippen LogP contribution in [-0.4, -0.2) is 74.6 Å². The van der Waals surface area contributed by atoms with Gasteiger partial charge in [0.25, 0.3) is 0 Å². The summed E-state index contributed by atoms with van der Waals surface area (Å²) in [6.45, 7) is 19.2. The SMILES string of the molecule is CC[NH+]1CC[NH+](Cn2c(=S)n(C[NH+]3CC[NH+](CC)CC3)c3ccccc32)CC1. The van der Waals surface area contributed by atoms with Gasteiger partial charge in [-0.2, -0.15) is 0 Å². The first-order valence-electron chi connectivity index (χ1n) is 11.2. The molecule has 2 aliphatic rings. The van der Waals surface area contributed by atoms with E-state index >= 15 is 0 Å². The molecular formula is C21H38N6S+4. The molecule has 1 aromatic carbocycles. The van der Waals surface area contributed by atoms with Gasteiger partial charge < -0.3 is 19.6 Å². The molecule has 2 aliphatic heterocycles. The molecular weight excluding hydrogens is 368 g/mol. The number of aromatic nitrogens is 2. The van der Waals surface area contributed by atoms with Crippen LogP contribution >= 0.6 is 12.2 Å². The van der Waals surface area contributed by atoms with Crippen LogP contribution in [0.4, 0.5) is 0 Å². The van der Waals surface area contributed by atoms with Gasteiger partial charge in [-0.1, -0.05) is 12.1 Å². The molecule has 2 saturated heterocycles. The zero-order chi connectivity index (χ0) is 19.5.